The summed E-state index contributed by atoms with van der Waals surface area (Å²) in [5.74, 6) is 1.03. The molecule has 0 spiro atoms. The van der Waals surface area contributed by atoms with Crippen molar-refractivity contribution in [3.8, 4) is 0 Å². The Morgan fingerprint density at radius 3 is 2.56 bits per heavy atom. The lowest BCUT2D eigenvalue weighted by Gasteiger charge is -2.33. The van der Waals surface area contributed by atoms with Crippen molar-refractivity contribution in [2.75, 3.05) is 50.5 Å². The van der Waals surface area contributed by atoms with Crippen LogP contribution in [0.25, 0.3) is 0 Å². The molecule has 0 saturated carbocycles. The Kier molecular flexibility index (Phi) is 4.33. The Hall–Kier alpha value is -1.40. The van der Waals surface area contributed by atoms with Crippen LogP contribution in [-0.2, 0) is 0 Å². The van der Waals surface area contributed by atoms with Crippen LogP contribution in [0.1, 0.15) is 0 Å². The van der Waals surface area contributed by atoms with E-state index in [1.165, 1.54) is 0 Å². The smallest absolute Gasteiger partial charge is 0.170 e. The average Bonchev–Trinajstić information content (AvgIpc) is 2.40. The molecule has 2 heterocycles. The van der Waals surface area contributed by atoms with Crippen molar-refractivity contribution in [3.63, 3.8) is 0 Å². The van der Waals surface area contributed by atoms with E-state index in [9.17, 15) is 0 Å². The molecule has 0 atom stereocenters. The fourth-order valence-corrected chi connectivity index (χ4v) is 1.99. The predicted octanol–water partition coefficient (Wildman–Crippen LogP) is 0.750. The summed E-state index contributed by atoms with van der Waals surface area (Å²) in [5.41, 5.74) is 0.909. The quantitative estimate of drug-likeness (QED) is 0.769. The molecule has 1 aromatic heterocycles. The number of thiocarbonyl (C=S) groups is 1. The molecule has 0 aromatic carbocycles. The zero-order valence-corrected chi connectivity index (χ0v) is 11.6. The minimum atomic E-state index is 0.601. The SMILES string of the molecule is CNC(=S)Nc1ccc(N2CCN(C)CC2)nc1. The van der Waals surface area contributed by atoms with Crippen molar-refractivity contribution in [3.05, 3.63) is 18.3 Å². The molecule has 0 amide bonds. The summed E-state index contributed by atoms with van der Waals surface area (Å²) in [4.78, 5) is 9.11. The maximum Gasteiger partial charge on any atom is 0.170 e. The number of pyridine rings is 1. The highest BCUT2D eigenvalue weighted by Gasteiger charge is 2.14. The average molecular weight is 265 g/mol. The fourth-order valence-electron chi connectivity index (χ4n) is 1.88. The second-order valence-electron chi connectivity index (χ2n) is 4.40. The number of hydrogen-bond donors (Lipinski definition) is 2. The van der Waals surface area contributed by atoms with Gasteiger partial charge in [-0.2, -0.15) is 0 Å². The van der Waals surface area contributed by atoms with Crippen LogP contribution < -0.4 is 15.5 Å². The summed E-state index contributed by atoms with van der Waals surface area (Å²) >= 11 is 5.04. The van der Waals surface area contributed by atoms with E-state index < -0.39 is 0 Å². The van der Waals surface area contributed by atoms with E-state index in [1.54, 1.807) is 7.05 Å². The van der Waals surface area contributed by atoms with Gasteiger partial charge in [0.25, 0.3) is 0 Å². The minimum Gasteiger partial charge on any atom is -0.366 e. The van der Waals surface area contributed by atoms with E-state index in [4.69, 9.17) is 12.2 Å². The van der Waals surface area contributed by atoms with Crippen molar-refractivity contribution in [2.45, 2.75) is 0 Å². The van der Waals surface area contributed by atoms with Crippen molar-refractivity contribution in [1.82, 2.24) is 15.2 Å². The van der Waals surface area contributed by atoms with E-state index in [1.807, 2.05) is 18.3 Å². The number of aromatic nitrogens is 1. The number of likely N-dealkylation sites (N-methyl/N-ethyl adjacent to an activating group) is 1. The summed E-state index contributed by atoms with van der Waals surface area (Å²) in [7, 11) is 3.94. The summed E-state index contributed by atoms with van der Waals surface area (Å²) in [5, 5.41) is 6.53. The zero-order chi connectivity index (χ0) is 13.0. The summed E-state index contributed by atoms with van der Waals surface area (Å²) in [6.07, 6.45) is 1.82. The number of piperazine rings is 1. The Morgan fingerprint density at radius 2 is 2.00 bits per heavy atom. The first-order valence-corrected chi connectivity index (χ1v) is 6.48. The normalized spacial score (nSPS) is 16.4. The Balaban J connectivity index is 1.97. The summed E-state index contributed by atoms with van der Waals surface area (Å²) in [6, 6.07) is 4.04. The number of nitrogens with one attached hydrogen (secondary N) is 2. The molecule has 0 aliphatic carbocycles. The van der Waals surface area contributed by atoms with Gasteiger partial charge in [0, 0.05) is 33.2 Å². The second-order valence-corrected chi connectivity index (χ2v) is 4.81. The van der Waals surface area contributed by atoms with Gasteiger partial charge in [-0.25, -0.2) is 4.98 Å². The second kappa shape index (κ2) is 5.97. The first-order chi connectivity index (χ1) is 8.69. The highest BCUT2D eigenvalue weighted by atomic mass is 32.1. The minimum absolute atomic E-state index is 0.601. The molecule has 6 heteroatoms. The van der Waals surface area contributed by atoms with Crippen LogP contribution in [0.3, 0.4) is 0 Å². The van der Waals surface area contributed by atoms with Crippen LogP contribution >= 0.6 is 12.2 Å². The molecule has 98 valence electrons. The van der Waals surface area contributed by atoms with Crippen LogP contribution in [0.2, 0.25) is 0 Å². The third-order valence-corrected chi connectivity index (χ3v) is 3.37. The highest BCUT2D eigenvalue weighted by Crippen LogP contribution is 2.15. The lowest BCUT2D eigenvalue weighted by atomic mass is 10.3. The predicted molar refractivity (Wildman–Crippen MR) is 79.2 cm³/mol. The topological polar surface area (TPSA) is 43.4 Å². The number of rotatable bonds is 2. The van der Waals surface area contributed by atoms with Gasteiger partial charge in [0.2, 0.25) is 0 Å². The molecular formula is C12H19N5S. The third-order valence-electron chi connectivity index (χ3n) is 3.06. The molecule has 18 heavy (non-hydrogen) atoms. The van der Waals surface area contributed by atoms with Crippen LogP contribution in [0.5, 0.6) is 0 Å². The first kappa shape index (κ1) is 13.0. The fraction of sp³-hybridized carbons (Fsp3) is 0.500. The highest BCUT2D eigenvalue weighted by molar-refractivity contribution is 7.80. The third kappa shape index (κ3) is 3.30. The molecule has 0 radical (unpaired) electrons. The van der Waals surface area contributed by atoms with Gasteiger partial charge in [0.15, 0.2) is 5.11 Å². The molecule has 1 aliphatic heterocycles. The van der Waals surface area contributed by atoms with Crippen LogP contribution in [0.15, 0.2) is 18.3 Å². The molecule has 0 bridgehead atoms. The molecule has 1 saturated heterocycles. The van der Waals surface area contributed by atoms with Crippen LogP contribution in [-0.4, -0.2) is 55.3 Å². The number of hydrogen-bond acceptors (Lipinski definition) is 4. The maximum atomic E-state index is 5.04. The molecule has 5 nitrogen and oxygen atoms in total. The zero-order valence-electron chi connectivity index (χ0n) is 10.8. The Morgan fingerprint density at radius 1 is 1.28 bits per heavy atom. The molecular weight excluding hydrogens is 246 g/mol. The van der Waals surface area contributed by atoms with Crippen LogP contribution in [0, 0.1) is 0 Å². The van der Waals surface area contributed by atoms with E-state index in [0.29, 0.717) is 5.11 Å². The van der Waals surface area contributed by atoms with Gasteiger partial charge in [-0.05, 0) is 31.4 Å². The van der Waals surface area contributed by atoms with Crippen molar-refractivity contribution in [2.24, 2.45) is 0 Å². The van der Waals surface area contributed by atoms with Crippen molar-refractivity contribution < 1.29 is 0 Å². The van der Waals surface area contributed by atoms with Gasteiger partial charge in [0.1, 0.15) is 5.82 Å². The van der Waals surface area contributed by atoms with Gasteiger partial charge < -0.3 is 20.4 Å². The largest absolute Gasteiger partial charge is 0.366 e. The molecule has 2 N–H and O–H groups in total. The van der Waals surface area contributed by atoms with Crippen LogP contribution in [0.4, 0.5) is 11.5 Å². The van der Waals surface area contributed by atoms with Gasteiger partial charge >= 0.3 is 0 Å². The molecule has 1 aliphatic rings. The van der Waals surface area contributed by atoms with Gasteiger partial charge in [-0.3, -0.25) is 0 Å². The van der Waals surface area contributed by atoms with Crippen molar-refractivity contribution >= 4 is 28.8 Å². The van der Waals surface area contributed by atoms with Gasteiger partial charge in [-0.15, -0.1) is 0 Å². The van der Waals surface area contributed by atoms with Crippen molar-refractivity contribution in [1.29, 1.82) is 0 Å². The number of anilines is 2. The van der Waals surface area contributed by atoms with E-state index in [-0.39, 0.29) is 0 Å². The lowest BCUT2D eigenvalue weighted by molar-refractivity contribution is 0.312. The standard InChI is InChI=1S/C12H19N5S/c1-13-12(18)15-10-3-4-11(14-9-10)17-7-5-16(2)6-8-17/h3-4,9H,5-8H2,1-2H3,(H2,13,15,18). The van der Waals surface area contributed by atoms with E-state index in [0.717, 1.165) is 37.7 Å². The van der Waals surface area contributed by atoms with E-state index >= 15 is 0 Å². The van der Waals surface area contributed by atoms with Gasteiger partial charge in [0.05, 0.1) is 11.9 Å². The van der Waals surface area contributed by atoms with Gasteiger partial charge in [-0.1, -0.05) is 0 Å². The van der Waals surface area contributed by atoms with E-state index in [2.05, 4.69) is 32.5 Å². The maximum absolute atomic E-state index is 5.04. The Bertz CT molecular complexity index is 397. The molecule has 2 rings (SSSR count). The summed E-state index contributed by atoms with van der Waals surface area (Å²) < 4.78 is 0. The first-order valence-electron chi connectivity index (χ1n) is 6.07. The Labute approximate surface area is 113 Å². The molecule has 1 aromatic rings. The monoisotopic (exact) mass is 265 g/mol. The molecule has 0 unspecified atom stereocenters. The summed E-state index contributed by atoms with van der Waals surface area (Å²) in [6.45, 7) is 4.24. The number of nitrogens with zero attached hydrogens (tertiary/aromatic N) is 3. The molecule has 1 fully saturated rings. The lowest BCUT2D eigenvalue weighted by Crippen LogP contribution is -2.44.